The molecule has 4 nitrogen and oxygen atoms in total. The number of benzene rings is 4. The first-order valence-corrected chi connectivity index (χ1v) is 17.6. The van der Waals surface area contributed by atoms with Crippen LogP contribution in [-0.2, 0) is 10.8 Å². The van der Waals surface area contributed by atoms with Gasteiger partial charge in [-0.15, -0.1) is 0 Å². The van der Waals surface area contributed by atoms with Gasteiger partial charge < -0.3 is 13.9 Å². The zero-order valence-corrected chi connectivity index (χ0v) is 27.9. The van der Waals surface area contributed by atoms with Crippen LogP contribution in [0.1, 0.15) is 53.2 Å². The third-order valence-electron chi connectivity index (χ3n) is 8.73. The van der Waals surface area contributed by atoms with Crippen LogP contribution in [0.4, 0.5) is 8.78 Å². The minimum Gasteiger partial charge on any atom is -0.454 e. The summed E-state index contributed by atoms with van der Waals surface area (Å²) in [6, 6.07) is 30.1. The predicted octanol–water partition coefficient (Wildman–Crippen LogP) is 7.73. The molecule has 6 rings (SSSR count). The Bertz CT molecular complexity index is 1650. The molecule has 2 aliphatic heterocycles. The molecule has 0 saturated carbocycles. The maximum atomic E-state index is 16.5. The van der Waals surface area contributed by atoms with Crippen LogP contribution in [-0.4, -0.2) is 45.1 Å². The number of ether oxygens (including phenoxy) is 2. The van der Waals surface area contributed by atoms with Gasteiger partial charge in [-0.1, -0.05) is 109 Å². The number of rotatable bonds is 8. The number of nitrogens with zero attached hydrogens (tertiary/aromatic N) is 1. The number of halogens is 3. The van der Waals surface area contributed by atoms with Gasteiger partial charge in [0.15, 0.2) is 11.5 Å². The predicted molar refractivity (Wildman–Crippen MR) is 177 cm³/mol. The molecule has 0 saturated heterocycles. The highest BCUT2D eigenvalue weighted by atomic mass is 79.9. The molecule has 0 aliphatic carbocycles. The van der Waals surface area contributed by atoms with Crippen molar-refractivity contribution < 1.29 is 25.4 Å². The molecule has 4 aromatic carbocycles. The van der Waals surface area contributed by atoms with Crippen LogP contribution in [0.5, 0.6) is 11.5 Å². The Labute approximate surface area is 271 Å². The molecule has 0 fully saturated rings. The van der Waals surface area contributed by atoms with Crippen LogP contribution in [0.15, 0.2) is 102 Å². The summed E-state index contributed by atoms with van der Waals surface area (Å²) in [5, 5.41) is 1.47. The second kappa shape index (κ2) is 12.0. The summed E-state index contributed by atoms with van der Waals surface area (Å²) in [6.45, 7) is 4.66. The Kier molecular flexibility index (Phi) is 7.78. The van der Waals surface area contributed by atoms with E-state index in [0.29, 0.717) is 12.2 Å². The van der Waals surface area contributed by atoms with Gasteiger partial charge in [-0.05, 0) is 69.7 Å². The minimum absolute atomic E-state index is 0.253. The summed E-state index contributed by atoms with van der Waals surface area (Å²) in [5.41, 5.74) is 2.56. The highest BCUT2D eigenvalue weighted by Crippen LogP contribution is 2.45. The van der Waals surface area contributed by atoms with Crippen molar-refractivity contribution in [1.29, 1.82) is 0 Å². The van der Waals surface area contributed by atoms with Crippen LogP contribution in [0.2, 0.25) is 5.04 Å². The fourth-order valence-electron chi connectivity index (χ4n) is 6.74. The molecule has 2 atom stereocenters. The van der Waals surface area contributed by atoms with E-state index in [2.05, 4.69) is 36.7 Å². The molecule has 4 aromatic rings. The molecule has 0 radical (unpaired) electrons. The van der Waals surface area contributed by atoms with E-state index in [1.54, 1.807) is 12.1 Å². The molecule has 0 N–H and O–H groups in total. The monoisotopic (exact) mass is 679 g/mol. The van der Waals surface area contributed by atoms with Gasteiger partial charge in [-0.25, -0.2) is 8.78 Å². The Morgan fingerprint density at radius 1 is 0.909 bits per heavy atom. The van der Waals surface area contributed by atoms with E-state index in [1.807, 2.05) is 96.8 Å². The van der Waals surface area contributed by atoms with Crippen LogP contribution >= 0.6 is 15.9 Å². The van der Waals surface area contributed by atoms with Gasteiger partial charge in [0.2, 0.25) is 6.75 Å². The lowest BCUT2D eigenvalue weighted by atomic mass is 9.84. The van der Waals surface area contributed by atoms with E-state index < -0.39 is 45.2 Å². The number of hydrogen-bond donors (Lipinski definition) is 0. The first kappa shape index (κ1) is 28.4. The lowest BCUT2D eigenvalue weighted by Crippen LogP contribution is -2.67. The number of fused-ring (bicyclic) bond motifs is 2. The molecule has 230 valence electrons. The van der Waals surface area contributed by atoms with E-state index in [0.717, 1.165) is 31.5 Å². The maximum absolute atomic E-state index is 16.5. The first-order chi connectivity index (χ1) is 21.7. The Hall–Kier alpha value is -3.04. The topological polar surface area (TPSA) is 30.9 Å². The highest BCUT2D eigenvalue weighted by Gasteiger charge is 2.52. The van der Waals surface area contributed by atoms with Crippen molar-refractivity contribution in [1.82, 2.24) is 4.90 Å². The number of hydrogen-bond acceptors (Lipinski definition) is 4. The van der Waals surface area contributed by atoms with Gasteiger partial charge in [-0.3, -0.25) is 4.90 Å². The van der Waals surface area contributed by atoms with Gasteiger partial charge in [0, 0.05) is 10.5 Å². The average molecular weight is 681 g/mol. The van der Waals surface area contributed by atoms with Crippen molar-refractivity contribution in [2.24, 2.45) is 0 Å². The summed E-state index contributed by atoms with van der Waals surface area (Å²) in [6.07, 6.45) is 0.494. The van der Waals surface area contributed by atoms with Crippen molar-refractivity contribution in [3.63, 3.8) is 0 Å². The molecule has 2 heterocycles. The molecule has 0 amide bonds. The summed E-state index contributed by atoms with van der Waals surface area (Å²) in [5.74, 6) is -2.61. The largest absolute Gasteiger partial charge is 0.454 e. The fourth-order valence-corrected chi connectivity index (χ4v) is 11.6. The van der Waals surface area contributed by atoms with E-state index >= 15 is 8.78 Å². The fraction of sp³-hybridized carbons (Fsp3) is 0.333. The van der Waals surface area contributed by atoms with E-state index in [1.165, 1.54) is 0 Å². The second-order valence-electron chi connectivity index (χ2n) is 12.8. The summed E-state index contributed by atoms with van der Waals surface area (Å²) < 4.78 is 67.4. The zero-order chi connectivity index (χ0) is 32.9. The molecular weight excluding hydrogens is 640 g/mol. The molecule has 8 heteroatoms. The van der Waals surface area contributed by atoms with E-state index in [4.69, 9.17) is 16.6 Å². The Balaban J connectivity index is 1.37. The van der Waals surface area contributed by atoms with Crippen LogP contribution < -0.4 is 19.8 Å². The van der Waals surface area contributed by atoms with Gasteiger partial charge >= 0.3 is 0 Å². The standard InChI is InChI=1S/C36H38BrF2NO3Si/c1-25-19-27-20-32-33(42-24-41-32)21-31(27)34(26-15-17-28(37)18-16-26)40(25)22-36(38,39)23-43-44(35(2,3)4,29-11-7-5-8-12-29)30-13-9-6-10-14-30/h5-18,20-21,25,34H,19,22-24H2,1-4H3/t25-,34-/m1/s1/i24D2. The average Bonchev–Trinajstić information content (AvgIpc) is 3.30. The first-order valence-electron chi connectivity index (χ1n) is 15.9. The quantitative estimate of drug-likeness (QED) is 0.179. The highest BCUT2D eigenvalue weighted by molar-refractivity contribution is 9.10. The van der Waals surface area contributed by atoms with Crippen molar-refractivity contribution >= 4 is 34.6 Å². The Morgan fingerprint density at radius 3 is 2.05 bits per heavy atom. The molecule has 0 spiro atoms. The molecular formula is C36H38BrF2NO3Si. The summed E-state index contributed by atoms with van der Waals surface area (Å²) in [4.78, 5) is 1.84. The smallest absolute Gasteiger partial charge is 0.282 e. The van der Waals surface area contributed by atoms with Crippen LogP contribution in [0, 0.1) is 0 Å². The molecule has 0 unspecified atom stereocenters. The molecule has 2 aliphatic rings. The Morgan fingerprint density at radius 2 is 1.48 bits per heavy atom. The SMILES string of the molecule is [2H]C1([2H])Oc2cc3c(cc2O1)[C@@H](c1ccc(Br)cc1)N(CC(F)(F)CO[Si](c1ccccc1)(c1ccccc1)C(C)(C)C)[C@H](C)C3. The van der Waals surface area contributed by atoms with Crippen molar-refractivity contribution in [2.75, 3.05) is 19.9 Å². The minimum atomic E-state index is -3.19. The molecule has 0 bridgehead atoms. The third-order valence-corrected chi connectivity index (χ3v) is 14.2. The van der Waals surface area contributed by atoms with Crippen LogP contribution in [0.25, 0.3) is 0 Å². The van der Waals surface area contributed by atoms with E-state index in [-0.39, 0.29) is 11.8 Å². The summed E-state index contributed by atoms with van der Waals surface area (Å²) in [7, 11) is -3.18. The van der Waals surface area contributed by atoms with Gasteiger partial charge in [0.1, 0.15) is 2.74 Å². The normalized spacial score (nSPS) is 20.5. The van der Waals surface area contributed by atoms with Gasteiger partial charge in [0.25, 0.3) is 14.2 Å². The molecule has 0 aromatic heterocycles. The lowest BCUT2D eigenvalue weighted by molar-refractivity contribution is -0.0818. The molecule has 44 heavy (non-hydrogen) atoms. The van der Waals surface area contributed by atoms with Crippen molar-refractivity contribution in [2.45, 2.75) is 57.2 Å². The van der Waals surface area contributed by atoms with Gasteiger partial charge in [-0.2, -0.15) is 0 Å². The van der Waals surface area contributed by atoms with Gasteiger partial charge in [0.05, 0.1) is 19.2 Å². The third kappa shape index (κ3) is 5.85. The van der Waals surface area contributed by atoms with Crippen molar-refractivity contribution in [3.05, 3.63) is 118 Å². The summed E-state index contributed by atoms with van der Waals surface area (Å²) >= 11 is 3.50. The van der Waals surface area contributed by atoms with E-state index in [9.17, 15) is 0 Å². The second-order valence-corrected chi connectivity index (χ2v) is 18.0. The van der Waals surface area contributed by atoms with Crippen molar-refractivity contribution in [3.8, 4) is 11.5 Å². The lowest BCUT2D eigenvalue weighted by Gasteiger charge is -2.45. The zero-order valence-electron chi connectivity index (χ0n) is 27.3. The maximum Gasteiger partial charge on any atom is 0.282 e. The van der Waals surface area contributed by atoms with Crippen LogP contribution in [0.3, 0.4) is 0 Å². The number of alkyl halides is 2.